The number of rotatable bonds is 2. The maximum Gasteiger partial charge on any atom is 0.126 e. The molecule has 0 aromatic carbocycles. The van der Waals surface area contributed by atoms with Crippen molar-refractivity contribution in [2.75, 3.05) is 5.32 Å². The Hall–Kier alpha value is -1.09. The van der Waals surface area contributed by atoms with Crippen LogP contribution in [0.1, 0.15) is 52.8 Å². The molecule has 1 aromatic rings. The molecule has 3 nitrogen and oxygen atoms in total. The number of anilines is 1. The number of hydrogen-bond acceptors (Lipinski definition) is 3. The first kappa shape index (κ1) is 14.0. The van der Waals surface area contributed by atoms with Crippen LogP contribution >= 0.6 is 0 Å². The molecule has 0 amide bonds. The molecule has 1 aromatic heterocycles. The van der Waals surface area contributed by atoms with Gasteiger partial charge in [0.15, 0.2) is 0 Å². The summed E-state index contributed by atoms with van der Waals surface area (Å²) in [5.74, 6) is 0.908. The van der Waals surface area contributed by atoms with E-state index in [1.807, 2.05) is 6.07 Å². The highest BCUT2D eigenvalue weighted by atomic mass is 15.0. The maximum absolute atomic E-state index is 5.74. The summed E-state index contributed by atoms with van der Waals surface area (Å²) in [6.45, 7) is 13.4. The molecule has 3 N–H and O–H groups in total. The zero-order valence-corrected chi connectivity index (χ0v) is 11.9. The molecule has 0 atom stereocenters. The van der Waals surface area contributed by atoms with Crippen molar-refractivity contribution in [2.24, 2.45) is 5.73 Å². The molecule has 0 aliphatic heterocycles. The Bertz CT molecular complexity index is 383. The van der Waals surface area contributed by atoms with Crippen molar-refractivity contribution in [2.45, 2.75) is 59.0 Å². The third-order valence-electron chi connectivity index (χ3n) is 2.39. The SMILES string of the molecule is CC(C)(C)Nc1cc(CN)cc(C(C)(C)C)n1. The zero-order valence-electron chi connectivity index (χ0n) is 11.9. The van der Waals surface area contributed by atoms with Gasteiger partial charge in [0.05, 0.1) is 0 Å². The molecular weight excluding hydrogens is 210 g/mol. The van der Waals surface area contributed by atoms with Gasteiger partial charge < -0.3 is 11.1 Å². The molecule has 0 saturated carbocycles. The van der Waals surface area contributed by atoms with E-state index in [0.29, 0.717) is 6.54 Å². The van der Waals surface area contributed by atoms with E-state index in [9.17, 15) is 0 Å². The van der Waals surface area contributed by atoms with Gasteiger partial charge in [0.2, 0.25) is 0 Å². The van der Waals surface area contributed by atoms with Crippen molar-refractivity contribution in [3.8, 4) is 0 Å². The fraction of sp³-hybridized carbons (Fsp3) is 0.643. The Balaban J connectivity index is 3.15. The van der Waals surface area contributed by atoms with Crippen LogP contribution < -0.4 is 11.1 Å². The number of hydrogen-bond donors (Lipinski definition) is 2. The number of nitrogens with zero attached hydrogens (tertiary/aromatic N) is 1. The van der Waals surface area contributed by atoms with Gasteiger partial charge in [0.1, 0.15) is 5.82 Å². The lowest BCUT2D eigenvalue weighted by molar-refractivity contribution is 0.565. The highest BCUT2D eigenvalue weighted by molar-refractivity contribution is 5.42. The minimum absolute atomic E-state index is 0.00930. The molecule has 1 heterocycles. The van der Waals surface area contributed by atoms with Crippen molar-refractivity contribution in [3.63, 3.8) is 0 Å². The van der Waals surface area contributed by atoms with Crippen LogP contribution in [0, 0.1) is 0 Å². The fourth-order valence-corrected chi connectivity index (χ4v) is 1.54. The highest BCUT2D eigenvalue weighted by Crippen LogP contribution is 2.24. The van der Waals surface area contributed by atoms with Gasteiger partial charge in [-0.15, -0.1) is 0 Å². The second-order valence-corrected chi connectivity index (χ2v) is 6.57. The Morgan fingerprint density at radius 3 is 2.12 bits per heavy atom. The normalized spacial score (nSPS) is 12.6. The molecular formula is C14H25N3. The molecule has 0 radical (unpaired) electrons. The number of nitrogens with one attached hydrogen (secondary N) is 1. The van der Waals surface area contributed by atoms with E-state index in [1.54, 1.807) is 0 Å². The van der Waals surface area contributed by atoms with E-state index < -0.39 is 0 Å². The zero-order chi connectivity index (χ0) is 13.3. The minimum atomic E-state index is 0.00930. The molecule has 0 bridgehead atoms. The van der Waals surface area contributed by atoms with Crippen LogP contribution in [0.5, 0.6) is 0 Å². The van der Waals surface area contributed by atoms with Crippen LogP contribution in [0.2, 0.25) is 0 Å². The summed E-state index contributed by atoms with van der Waals surface area (Å²) in [5.41, 5.74) is 7.99. The van der Waals surface area contributed by atoms with Gasteiger partial charge in [0, 0.05) is 23.2 Å². The molecule has 3 heteroatoms. The lowest BCUT2D eigenvalue weighted by atomic mass is 9.90. The van der Waals surface area contributed by atoms with Crippen molar-refractivity contribution in [3.05, 3.63) is 23.4 Å². The molecule has 0 fully saturated rings. The number of pyridine rings is 1. The molecule has 0 aliphatic carbocycles. The van der Waals surface area contributed by atoms with Gasteiger partial charge in [0.25, 0.3) is 0 Å². The van der Waals surface area contributed by atoms with Crippen LogP contribution in [0.15, 0.2) is 12.1 Å². The summed E-state index contributed by atoms with van der Waals surface area (Å²) in [6, 6.07) is 4.12. The number of nitrogens with two attached hydrogens (primary N) is 1. The first-order valence-electron chi connectivity index (χ1n) is 6.11. The van der Waals surface area contributed by atoms with Crippen LogP contribution in [-0.2, 0) is 12.0 Å². The molecule has 0 spiro atoms. The van der Waals surface area contributed by atoms with Crippen molar-refractivity contribution < 1.29 is 0 Å². The molecule has 0 unspecified atom stereocenters. The minimum Gasteiger partial charge on any atom is -0.365 e. The van der Waals surface area contributed by atoms with Gasteiger partial charge in [-0.2, -0.15) is 0 Å². The van der Waals surface area contributed by atoms with E-state index in [2.05, 4.69) is 57.9 Å². The van der Waals surface area contributed by atoms with Gasteiger partial charge in [-0.05, 0) is 38.5 Å². The van der Waals surface area contributed by atoms with Crippen LogP contribution in [0.4, 0.5) is 5.82 Å². The first-order valence-corrected chi connectivity index (χ1v) is 6.11. The summed E-state index contributed by atoms with van der Waals surface area (Å²) in [5, 5.41) is 3.40. The third kappa shape index (κ3) is 4.35. The Morgan fingerprint density at radius 1 is 1.12 bits per heavy atom. The second kappa shape index (κ2) is 4.65. The molecule has 0 aliphatic rings. The summed E-state index contributed by atoms with van der Waals surface area (Å²) in [6.07, 6.45) is 0. The number of aromatic nitrogens is 1. The second-order valence-electron chi connectivity index (χ2n) is 6.57. The largest absolute Gasteiger partial charge is 0.365 e. The Kier molecular flexibility index (Phi) is 3.82. The third-order valence-corrected chi connectivity index (χ3v) is 2.39. The lowest BCUT2D eigenvalue weighted by Crippen LogP contribution is -2.27. The van der Waals surface area contributed by atoms with Crippen molar-refractivity contribution in [1.82, 2.24) is 4.98 Å². The summed E-state index contributed by atoms with van der Waals surface area (Å²) in [4.78, 5) is 4.67. The summed E-state index contributed by atoms with van der Waals surface area (Å²) < 4.78 is 0. The van der Waals surface area contributed by atoms with Gasteiger partial charge in [-0.1, -0.05) is 20.8 Å². The van der Waals surface area contributed by atoms with Gasteiger partial charge in [-0.3, -0.25) is 0 Å². The standard InChI is InChI=1S/C14H25N3/c1-13(2,3)11-7-10(9-15)8-12(16-11)17-14(4,5)6/h7-8H,9,15H2,1-6H3,(H,16,17). The Labute approximate surface area is 105 Å². The first-order chi connectivity index (χ1) is 7.62. The Morgan fingerprint density at radius 2 is 1.71 bits per heavy atom. The quantitative estimate of drug-likeness (QED) is 0.828. The summed E-state index contributed by atoms with van der Waals surface area (Å²) in [7, 11) is 0. The van der Waals surface area contributed by atoms with E-state index >= 15 is 0 Å². The predicted octanol–water partition coefficient (Wildman–Crippen LogP) is 3.05. The van der Waals surface area contributed by atoms with Crippen LogP contribution in [0.3, 0.4) is 0 Å². The maximum atomic E-state index is 5.74. The van der Waals surface area contributed by atoms with E-state index in [-0.39, 0.29) is 11.0 Å². The van der Waals surface area contributed by atoms with Crippen molar-refractivity contribution in [1.29, 1.82) is 0 Å². The van der Waals surface area contributed by atoms with Crippen molar-refractivity contribution >= 4 is 5.82 Å². The van der Waals surface area contributed by atoms with Crippen LogP contribution in [-0.4, -0.2) is 10.5 Å². The summed E-state index contributed by atoms with van der Waals surface area (Å²) >= 11 is 0. The van der Waals surface area contributed by atoms with E-state index in [1.165, 1.54) is 0 Å². The van der Waals surface area contributed by atoms with Crippen LogP contribution in [0.25, 0.3) is 0 Å². The smallest absolute Gasteiger partial charge is 0.126 e. The molecule has 17 heavy (non-hydrogen) atoms. The molecule has 96 valence electrons. The average Bonchev–Trinajstić information content (AvgIpc) is 2.13. The predicted molar refractivity (Wildman–Crippen MR) is 74.2 cm³/mol. The monoisotopic (exact) mass is 235 g/mol. The van der Waals surface area contributed by atoms with Gasteiger partial charge >= 0.3 is 0 Å². The molecule has 1 rings (SSSR count). The molecule has 0 saturated heterocycles. The van der Waals surface area contributed by atoms with Gasteiger partial charge in [-0.25, -0.2) is 4.98 Å². The topological polar surface area (TPSA) is 50.9 Å². The van der Waals surface area contributed by atoms with E-state index in [4.69, 9.17) is 5.73 Å². The average molecular weight is 235 g/mol. The highest BCUT2D eigenvalue weighted by Gasteiger charge is 2.18. The lowest BCUT2D eigenvalue weighted by Gasteiger charge is -2.25. The fourth-order valence-electron chi connectivity index (χ4n) is 1.54. The van der Waals surface area contributed by atoms with E-state index in [0.717, 1.165) is 17.1 Å².